The summed E-state index contributed by atoms with van der Waals surface area (Å²) in [4.78, 5) is 26.0. The Labute approximate surface area is 122 Å². The second-order valence-corrected chi connectivity index (χ2v) is 5.42. The fourth-order valence-corrected chi connectivity index (χ4v) is 2.79. The molecule has 1 saturated heterocycles. The second kappa shape index (κ2) is 6.09. The Morgan fingerprint density at radius 3 is 2.48 bits per heavy atom. The molecule has 1 heterocycles. The number of piperidine rings is 1. The van der Waals surface area contributed by atoms with E-state index in [4.69, 9.17) is 0 Å². The van der Waals surface area contributed by atoms with Gasteiger partial charge in [-0.15, -0.1) is 0 Å². The van der Waals surface area contributed by atoms with Gasteiger partial charge in [0.25, 0.3) is 5.69 Å². The molecule has 0 spiro atoms. The van der Waals surface area contributed by atoms with Crippen molar-refractivity contribution in [2.24, 2.45) is 0 Å². The number of nitro groups is 1. The molecule has 0 radical (unpaired) electrons. The van der Waals surface area contributed by atoms with Crippen LogP contribution in [0.3, 0.4) is 0 Å². The summed E-state index contributed by atoms with van der Waals surface area (Å²) in [5.74, 6) is -1.14. The van der Waals surface area contributed by atoms with Gasteiger partial charge in [0.2, 0.25) is 0 Å². The standard InChI is InChI=1S/C14H19N3O4/c1-15(2)10-6-8-16(9-7-10)13-11(14(18)19)4-3-5-12(13)17(20)21/h3-5,10H,6-9H2,1-2H3,(H,18,19). The molecule has 21 heavy (non-hydrogen) atoms. The highest BCUT2D eigenvalue weighted by atomic mass is 16.6. The molecular formula is C14H19N3O4. The van der Waals surface area contributed by atoms with Crippen molar-refractivity contribution in [1.82, 2.24) is 4.90 Å². The molecule has 0 amide bonds. The minimum atomic E-state index is -1.14. The molecular weight excluding hydrogens is 274 g/mol. The maximum Gasteiger partial charge on any atom is 0.338 e. The predicted octanol–water partition coefficient (Wildman–Crippen LogP) is 1.82. The van der Waals surface area contributed by atoms with Crippen molar-refractivity contribution in [3.8, 4) is 0 Å². The van der Waals surface area contributed by atoms with Gasteiger partial charge in [0.05, 0.1) is 10.5 Å². The van der Waals surface area contributed by atoms with Crippen molar-refractivity contribution in [2.75, 3.05) is 32.1 Å². The highest BCUT2D eigenvalue weighted by molar-refractivity contribution is 5.97. The first-order valence-corrected chi connectivity index (χ1v) is 6.84. The maximum absolute atomic E-state index is 11.4. The molecule has 0 aromatic heterocycles. The molecule has 1 aromatic rings. The molecule has 2 rings (SSSR count). The van der Waals surface area contributed by atoms with Crippen molar-refractivity contribution in [3.63, 3.8) is 0 Å². The zero-order valence-electron chi connectivity index (χ0n) is 12.2. The Bertz CT molecular complexity index is 519. The summed E-state index contributed by atoms with van der Waals surface area (Å²) in [6, 6.07) is 4.62. The van der Waals surface area contributed by atoms with E-state index in [-0.39, 0.29) is 16.9 Å². The van der Waals surface area contributed by atoms with E-state index < -0.39 is 10.9 Å². The van der Waals surface area contributed by atoms with E-state index >= 15 is 0 Å². The lowest BCUT2D eigenvalue weighted by Gasteiger charge is -2.36. The van der Waals surface area contributed by atoms with Gasteiger partial charge in [0.1, 0.15) is 5.69 Å². The minimum absolute atomic E-state index is 0.00694. The van der Waals surface area contributed by atoms with Crippen molar-refractivity contribution in [3.05, 3.63) is 33.9 Å². The fraction of sp³-hybridized carbons (Fsp3) is 0.500. The summed E-state index contributed by atoms with van der Waals surface area (Å²) >= 11 is 0. The van der Waals surface area contributed by atoms with Crippen LogP contribution in [0, 0.1) is 10.1 Å². The number of carbonyl (C=O) groups is 1. The van der Waals surface area contributed by atoms with Crippen LogP contribution in [-0.2, 0) is 0 Å². The average molecular weight is 293 g/mol. The third-order valence-corrected chi connectivity index (χ3v) is 3.95. The third kappa shape index (κ3) is 3.13. The number of aromatic carboxylic acids is 1. The lowest BCUT2D eigenvalue weighted by molar-refractivity contribution is -0.384. The molecule has 1 aliphatic heterocycles. The number of anilines is 1. The van der Waals surface area contributed by atoms with Crippen molar-refractivity contribution >= 4 is 17.3 Å². The van der Waals surface area contributed by atoms with Gasteiger partial charge in [-0.3, -0.25) is 10.1 Å². The van der Waals surface area contributed by atoms with Crippen LogP contribution in [0.1, 0.15) is 23.2 Å². The van der Waals surface area contributed by atoms with Gasteiger partial charge < -0.3 is 14.9 Å². The van der Waals surface area contributed by atoms with Crippen LogP contribution in [0.5, 0.6) is 0 Å². The van der Waals surface area contributed by atoms with Crippen molar-refractivity contribution < 1.29 is 14.8 Å². The highest BCUT2D eigenvalue weighted by Crippen LogP contribution is 2.34. The van der Waals surface area contributed by atoms with Crippen LogP contribution in [0.15, 0.2) is 18.2 Å². The third-order valence-electron chi connectivity index (χ3n) is 3.95. The summed E-state index contributed by atoms with van der Waals surface area (Å²) in [6.07, 6.45) is 1.72. The number of para-hydroxylation sites is 1. The number of rotatable bonds is 4. The number of carboxylic acids is 1. The average Bonchev–Trinajstić information content (AvgIpc) is 2.46. The van der Waals surface area contributed by atoms with Gasteiger partial charge in [-0.2, -0.15) is 0 Å². The highest BCUT2D eigenvalue weighted by Gasteiger charge is 2.29. The zero-order valence-corrected chi connectivity index (χ0v) is 12.2. The minimum Gasteiger partial charge on any atom is -0.478 e. The van der Waals surface area contributed by atoms with Crippen LogP contribution in [0.25, 0.3) is 0 Å². The molecule has 7 nitrogen and oxygen atoms in total. The number of benzene rings is 1. The van der Waals surface area contributed by atoms with E-state index in [2.05, 4.69) is 4.90 Å². The van der Waals surface area contributed by atoms with E-state index in [0.717, 1.165) is 12.8 Å². The van der Waals surface area contributed by atoms with Crippen LogP contribution >= 0.6 is 0 Å². The largest absolute Gasteiger partial charge is 0.478 e. The molecule has 0 saturated carbocycles. The molecule has 0 aliphatic carbocycles. The van der Waals surface area contributed by atoms with Gasteiger partial charge in [-0.25, -0.2) is 4.79 Å². The summed E-state index contributed by atoms with van der Waals surface area (Å²) in [5, 5.41) is 20.5. The Morgan fingerprint density at radius 2 is 2.00 bits per heavy atom. The molecule has 114 valence electrons. The Balaban J connectivity index is 2.34. The first kappa shape index (κ1) is 15.2. The number of hydrogen-bond donors (Lipinski definition) is 1. The summed E-state index contributed by atoms with van der Waals surface area (Å²) in [7, 11) is 4.02. The van der Waals surface area contributed by atoms with Gasteiger partial charge in [0.15, 0.2) is 0 Å². The summed E-state index contributed by atoms with van der Waals surface area (Å²) < 4.78 is 0. The maximum atomic E-state index is 11.4. The molecule has 1 aliphatic rings. The van der Waals surface area contributed by atoms with Gasteiger partial charge in [0, 0.05) is 25.2 Å². The second-order valence-electron chi connectivity index (χ2n) is 5.42. The van der Waals surface area contributed by atoms with E-state index in [1.807, 2.05) is 19.0 Å². The normalized spacial score (nSPS) is 16.2. The Kier molecular flexibility index (Phi) is 4.42. The lowest BCUT2D eigenvalue weighted by atomic mass is 10.0. The number of carboxylic acid groups (broad SMARTS) is 1. The van der Waals surface area contributed by atoms with E-state index in [9.17, 15) is 20.0 Å². The monoisotopic (exact) mass is 293 g/mol. The lowest BCUT2D eigenvalue weighted by Crippen LogP contribution is -2.42. The topological polar surface area (TPSA) is 86.9 Å². The van der Waals surface area contributed by atoms with Gasteiger partial charge >= 0.3 is 5.97 Å². The van der Waals surface area contributed by atoms with E-state index in [1.165, 1.54) is 18.2 Å². The first-order chi connectivity index (χ1) is 9.91. The SMILES string of the molecule is CN(C)C1CCN(c2c(C(=O)O)cccc2[N+](=O)[O-])CC1. The van der Waals surface area contributed by atoms with Crippen molar-refractivity contribution in [2.45, 2.75) is 18.9 Å². The molecule has 0 bridgehead atoms. The summed E-state index contributed by atoms with van der Waals surface area (Å²) in [6.45, 7) is 1.24. The first-order valence-electron chi connectivity index (χ1n) is 6.84. The van der Waals surface area contributed by atoms with Crippen LogP contribution in [-0.4, -0.2) is 54.1 Å². The molecule has 1 aromatic carbocycles. The summed E-state index contributed by atoms with van der Waals surface area (Å²) in [5.41, 5.74) is 0.0814. The molecule has 1 fully saturated rings. The van der Waals surface area contributed by atoms with Crippen LogP contribution in [0.2, 0.25) is 0 Å². The van der Waals surface area contributed by atoms with E-state index in [0.29, 0.717) is 19.1 Å². The molecule has 1 N–H and O–H groups in total. The number of nitrogens with zero attached hydrogens (tertiary/aromatic N) is 3. The van der Waals surface area contributed by atoms with Crippen molar-refractivity contribution in [1.29, 1.82) is 0 Å². The fourth-order valence-electron chi connectivity index (χ4n) is 2.79. The molecule has 0 atom stereocenters. The zero-order chi connectivity index (χ0) is 15.6. The number of hydrogen-bond acceptors (Lipinski definition) is 5. The molecule has 0 unspecified atom stereocenters. The number of nitro benzene ring substituents is 1. The molecule has 7 heteroatoms. The predicted molar refractivity (Wildman–Crippen MR) is 79.0 cm³/mol. The van der Waals surface area contributed by atoms with Gasteiger partial charge in [-0.05, 0) is 33.0 Å². The Hall–Kier alpha value is -2.15. The quantitative estimate of drug-likeness (QED) is 0.673. The smallest absolute Gasteiger partial charge is 0.338 e. The van der Waals surface area contributed by atoms with Crippen LogP contribution in [0.4, 0.5) is 11.4 Å². The van der Waals surface area contributed by atoms with Gasteiger partial charge in [-0.1, -0.05) is 6.07 Å². The van der Waals surface area contributed by atoms with Crippen LogP contribution < -0.4 is 4.90 Å². The Morgan fingerprint density at radius 1 is 1.38 bits per heavy atom. The van der Waals surface area contributed by atoms with E-state index in [1.54, 1.807) is 0 Å².